The first-order chi connectivity index (χ1) is 13.1. The molecule has 0 aromatic heterocycles. The molecular weight excluding hydrogens is 340 g/mol. The fourth-order valence-electron chi connectivity index (χ4n) is 2.63. The molecule has 6 heteroatoms. The lowest BCUT2D eigenvalue weighted by molar-refractivity contribution is -0.121. The minimum atomic E-state index is -0.416. The number of hydrogen-bond donors (Lipinski definition) is 2. The van der Waals surface area contributed by atoms with Gasteiger partial charge >= 0.3 is 0 Å². The van der Waals surface area contributed by atoms with Gasteiger partial charge in [0.2, 0.25) is 0 Å². The molecule has 6 nitrogen and oxygen atoms in total. The summed E-state index contributed by atoms with van der Waals surface area (Å²) >= 11 is 0. The van der Waals surface area contributed by atoms with E-state index in [-0.39, 0.29) is 5.91 Å². The largest absolute Gasteiger partial charge is 0.497 e. The fourth-order valence-corrected chi connectivity index (χ4v) is 2.63. The van der Waals surface area contributed by atoms with Crippen LogP contribution in [0, 0.1) is 0 Å². The van der Waals surface area contributed by atoms with Gasteiger partial charge in [-0.05, 0) is 62.7 Å². The summed E-state index contributed by atoms with van der Waals surface area (Å²) in [5, 5.41) is 7.18. The Morgan fingerprint density at radius 2 is 1.74 bits per heavy atom. The molecule has 144 valence electrons. The minimum absolute atomic E-state index is 0.207. The van der Waals surface area contributed by atoms with E-state index >= 15 is 0 Å². The average molecular weight is 368 g/mol. The molecule has 0 aliphatic carbocycles. The summed E-state index contributed by atoms with van der Waals surface area (Å²) in [5.74, 6) is 0.566. The number of nitrogens with zero attached hydrogens (tertiary/aromatic N) is 2. The predicted octanol–water partition coefficient (Wildman–Crippen LogP) is 3.49. The molecule has 0 heterocycles. The van der Waals surface area contributed by atoms with Crippen LogP contribution in [-0.4, -0.2) is 38.4 Å². The fraction of sp³-hybridized carbons (Fsp3) is 0.333. The van der Waals surface area contributed by atoms with Crippen LogP contribution in [0.1, 0.15) is 26.3 Å². The summed E-state index contributed by atoms with van der Waals surface area (Å²) < 4.78 is 5.12. The SMILES string of the molecule is CCN(CC)c1ccc(/C=N/NC(=O)C(C)Nc2ccc(OC)cc2)cc1. The molecule has 2 aromatic carbocycles. The molecule has 0 spiro atoms. The molecule has 0 saturated heterocycles. The Bertz CT molecular complexity index is 738. The van der Waals surface area contributed by atoms with Crippen LogP contribution in [0.5, 0.6) is 5.75 Å². The summed E-state index contributed by atoms with van der Waals surface area (Å²) in [7, 11) is 1.62. The van der Waals surface area contributed by atoms with Gasteiger partial charge in [-0.3, -0.25) is 4.79 Å². The average Bonchev–Trinajstić information content (AvgIpc) is 2.70. The Morgan fingerprint density at radius 3 is 2.30 bits per heavy atom. The first-order valence-corrected chi connectivity index (χ1v) is 9.15. The van der Waals surface area contributed by atoms with Gasteiger partial charge in [-0.1, -0.05) is 12.1 Å². The van der Waals surface area contributed by atoms with E-state index in [9.17, 15) is 4.79 Å². The van der Waals surface area contributed by atoms with E-state index in [2.05, 4.69) is 46.7 Å². The number of hydrogen-bond acceptors (Lipinski definition) is 5. The third-order valence-corrected chi connectivity index (χ3v) is 4.28. The van der Waals surface area contributed by atoms with E-state index in [0.29, 0.717) is 0 Å². The van der Waals surface area contributed by atoms with Crippen LogP contribution >= 0.6 is 0 Å². The molecule has 1 unspecified atom stereocenters. The normalized spacial score (nSPS) is 11.9. The van der Waals surface area contributed by atoms with Gasteiger partial charge < -0.3 is 15.0 Å². The van der Waals surface area contributed by atoms with Crippen molar-refractivity contribution in [2.45, 2.75) is 26.8 Å². The molecule has 0 aliphatic heterocycles. The van der Waals surface area contributed by atoms with E-state index < -0.39 is 6.04 Å². The van der Waals surface area contributed by atoms with Crippen molar-refractivity contribution in [2.24, 2.45) is 5.10 Å². The van der Waals surface area contributed by atoms with Crippen molar-refractivity contribution in [1.82, 2.24) is 5.43 Å². The highest BCUT2D eigenvalue weighted by atomic mass is 16.5. The highest BCUT2D eigenvalue weighted by Crippen LogP contribution is 2.16. The molecule has 2 N–H and O–H groups in total. The van der Waals surface area contributed by atoms with Gasteiger partial charge in [0.25, 0.3) is 5.91 Å². The predicted molar refractivity (Wildman–Crippen MR) is 112 cm³/mol. The number of nitrogens with one attached hydrogen (secondary N) is 2. The van der Waals surface area contributed by atoms with Crippen LogP contribution in [-0.2, 0) is 4.79 Å². The van der Waals surface area contributed by atoms with Crippen molar-refractivity contribution in [2.75, 3.05) is 30.4 Å². The molecule has 0 fully saturated rings. The molecule has 0 aliphatic rings. The maximum absolute atomic E-state index is 12.2. The standard InChI is InChI=1S/C21H28N4O2/c1-5-25(6-2)19-11-7-17(8-12-19)15-22-24-21(26)16(3)23-18-9-13-20(27-4)14-10-18/h7-16,23H,5-6H2,1-4H3,(H,24,26)/b22-15+. The van der Waals surface area contributed by atoms with Crippen molar-refractivity contribution >= 4 is 23.5 Å². The Kier molecular flexibility index (Phi) is 7.67. The molecule has 0 saturated carbocycles. The number of carbonyl (C=O) groups excluding carboxylic acids is 1. The van der Waals surface area contributed by atoms with Crippen LogP contribution in [0.4, 0.5) is 11.4 Å². The molecule has 0 bridgehead atoms. The van der Waals surface area contributed by atoms with E-state index in [0.717, 1.165) is 30.1 Å². The summed E-state index contributed by atoms with van der Waals surface area (Å²) in [6.07, 6.45) is 1.64. The first-order valence-electron chi connectivity index (χ1n) is 9.15. The number of anilines is 2. The highest BCUT2D eigenvalue weighted by Gasteiger charge is 2.11. The van der Waals surface area contributed by atoms with Crippen molar-refractivity contribution in [1.29, 1.82) is 0 Å². The number of methoxy groups -OCH3 is 1. The number of hydrazone groups is 1. The van der Waals surface area contributed by atoms with Gasteiger partial charge in [0.1, 0.15) is 11.8 Å². The van der Waals surface area contributed by atoms with Gasteiger partial charge in [-0.25, -0.2) is 5.43 Å². The van der Waals surface area contributed by atoms with Crippen LogP contribution in [0.3, 0.4) is 0 Å². The van der Waals surface area contributed by atoms with E-state index in [4.69, 9.17) is 4.74 Å². The van der Waals surface area contributed by atoms with E-state index in [1.54, 1.807) is 20.2 Å². The van der Waals surface area contributed by atoms with E-state index in [1.165, 1.54) is 5.69 Å². The van der Waals surface area contributed by atoms with Gasteiger partial charge in [-0.15, -0.1) is 0 Å². The number of amides is 1. The topological polar surface area (TPSA) is 66.0 Å². The lowest BCUT2D eigenvalue weighted by Crippen LogP contribution is -2.34. The Hall–Kier alpha value is -3.02. The Balaban J connectivity index is 1.86. The van der Waals surface area contributed by atoms with Gasteiger partial charge in [0, 0.05) is 24.5 Å². The van der Waals surface area contributed by atoms with Crippen LogP contribution in [0.15, 0.2) is 53.6 Å². The first kappa shape index (κ1) is 20.3. The third kappa shape index (κ3) is 6.02. The number of ether oxygens (including phenoxy) is 1. The molecule has 27 heavy (non-hydrogen) atoms. The van der Waals surface area contributed by atoms with Gasteiger partial charge in [-0.2, -0.15) is 5.10 Å². The summed E-state index contributed by atoms with van der Waals surface area (Å²) in [4.78, 5) is 14.4. The zero-order valence-electron chi connectivity index (χ0n) is 16.4. The molecule has 1 atom stereocenters. The van der Waals surface area contributed by atoms with Gasteiger partial charge in [0.15, 0.2) is 0 Å². The monoisotopic (exact) mass is 368 g/mol. The minimum Gasteiger partial charge on any atom is -0.497 e. The van der Waals surface area contributed by atoms with E-state index in [1.807, 2.05) is 36.4 Å². The number of benzene rings is 2. The number of rotatable bonds is 9. The molecular formula is C21H28N4O2. The Morgan fingerprint density at radius 1 is 1.11 bits per heavy atom. The molecule has 1 amide bonds. The lowest BCUT2D eigenvalue weighted by Gasteiger charge is -2.20. The molecule has 2 aromatic rings. The summed E-state index contributed by atoms with van der Waals surface area (Å²) in [6.45, 7) is 8.00. The van der Waals surface area contributed by atoms with Gasteiger partial charge in [0.05, 0.1) is 13.3 Å². The van der Waals surface area contributed by atoms with Crippen molar-refractivity contribution in [3.63, 3.8) is 0 Å². The second kappa shape index (κ2) is 10.2. The highest BCUT2D eigenvalue weighted by molar-refractivity contribution is 5.86. The number of carbonyl (C=O) groups is 1. The zero-order chi connectivity index (χ0) is 19.6. The maximum Gasteiger partial charge on any atom is 0.262 e. The van der Waals surface area contributed by atoms with Crippen LogP contribution in [0.25, 0.3) is 0 Å². The zero-order valence-corrected chi connectivity index (χ0v) is 16.4. The molecule has 0 radical (unpaired) electrons. The molecule has 2 rings (SSSR count). The Labute approximate surface area is 161 Å². The summed E-state index contributed by atoms with van der Waals surface area (Å²) in [5.41, 5.74) is 5.52. The second-order valence-corrected chi connectivity index (χ2v) is 6.09. The third-order valence-electron chi connectivity index (χ3n) is 4.28. The smallest absolute Gasteiger partial charge is 0.262 e. The summed E-state index contributed by atoms with van der Waals surface area (Å²) in [6, 6.07) is 15.1. The van der Waals surface area contributed by atoms with Crippen molar-refractivity contribution < 1.29 is 9.53 Å². The van der Waals surface area contributed by atoms with Crippen molar-refractivity contribution in [3.8, 4) is 5.75 Å². The van der Waals surface area contributed by atoms with Crippen LogP contribution in [0.2, 0.25) is 0 Å². The second-order valence-electron chi connectivity index (χ2n) is 6.09. The van der Waals surface area contributed by atoms with Crippen molar-refractivity contribution in [3.05, 3.63) is 54.1 Å². The quantitative estimate of drug-likeness (QED) is 0.525. The lowest BCUT2D eigenvalue weighted by atomic mass is 10.2. The van der Waals surface area contributed by atoms with Crippen LogP contribution < -0.4 is 20.4 Å². The maximum atomic E-state index is 12.2.